The molecule has 1 heterocycles. The zero-order valence-electron chi connectivity index (χ0n) is 9.63. The van der Waals surface area contributed by atoms with Crippen LogP contribution < -0.4 is 0 Å². The Morgan fingerprint density at radius 3 is 1.36 bits per heavy atom. The lowest BCUT2D eigenvalue weighted by atomic mass is 9.94. The van der Waals surface area contributed by atoms with Crippen LogP contribution in [0.3, 0.4) is 0 Å². The van der Waals surface area contributed by atoms with Crippen LogP contribution in [0.15, 0.2) is 0 Å². The summed E-state index contributed by atoms with van der Waals surface area (Å²) in [5.41, 5.74) is 0. The van der Waals surface area contributed by atoms with Crippen molar-refractivity contribution in [1.29, 1.82) is 0 Å². The van der Waals surface area contributed by atoms with Crippen molar-refractivity contribution in [2.24, 2.45) is 11.8 Å². The Morgan fingerprint density at radius 1 is 0.857 bits per heavy atom. The van der Waals surface area contributed by atoms with Crippen LogP contribution >= 0.6 is 0 Å². The van der Waals surface area contributed by atoms with E-state index in [0.29, 0.717) is 11.8 Å². The second kappa shape index (κ2) is 4.63. The first kappa shape index (κ1) is 13.9. The second-order valence-electron chi connectivity index (χ2n) is 5.05. The summed E-state index contributed by atoms with van der Waals surface area (Å²) in [6.07, 6.45) is 0.491. The lowest BCUT2D eigenvalue weighted by Gasteiger charge is -2.22. The molecule has 0 aromatic carbocycles. The standard InChI is InChI=1S/C11H22O2.CH4/c1-7(2)9-10(8(3)4)13-11(5,6)12-9;/h7-10H,1-6H3;1H4/t9-,10+;. The highest BCUT2D eigenvalue weighted by molar-refractivity contribution is 4.85. The Morgan fingerprint density at radius 2 is 1.14 bits per heavy atom. The van der Waals surface area contributed by atoms with Gasteiger partial charge < -0.3 is 9.47 Å². The normalized spacial score (nSPS) is 30.9. The average Bonchev–Trinajstić information content (AvgIpc) is 2.26. The number of hydrogen-bond acceptors (Lipinski definition) is 2. The van der Waals surface area contributed by atoms with Crippen molar-refractivity contribution >= 4 is 0 Å². The quantitative estimate of drug-likeness (QED) is 0.682. The van der Waals surface area contributed by atoms with E-state index >= 15 is 0 Å². The van der Waals surface area contributed by atoms with E-state index < -0.39 is 5.79 Å². The first-order valence-electron chi connectivity index (χ1n) is 5.19. The summed E-state index contributed by atoms with van der Waals surface area (Å²) in [5.74, 6) is 0.646. The molecule has 1 saturated heterocycles. The van der Waals surface area contributed by atoms with Crippen LogP contribution in [0.5, 0.6) is 0 Å². The summed E-state index contributed by atoms with van der Waals surface area (Å²) in [6.45, 7) is 12.7. The molecular weight excluding hydrogens is 176 g/mol. The van der Waals surface area contributed by atoms with Crippen LogP contribution in [0.4, 0.5) is 0 Å². The Kier molecular flexibility index (Phi) is 4.60. The Bertz CT molecular complexity index is 155. The molecule has 1 aliphatic heterocycles. The molecule has 86 valence electrons. The lowest BCUT2D eigenvalue weighted by Crippen LogP contribution is -2.31. The van der Waals surface area contributed by atoms with Crippen molar-refractivity contribution in [1.82, 2.24) is 0 Å². The summed E-state index contributed by atoms with van der Waals surface area (Å²) in [7, 11) is 0. The molecule has 0 aromatic heterocycles. The third kappa shape index (κ3) is 2.96. The molecule has 0 saturated carbocycles. The maximum atomic E-state index is 5.86. The van der Waals surface area contributed by atoms with Crippen LogP contribution in [-0.2, 0) is 9.47 Å². The fraction of sp³-hybridized carbons (Fsp3) is 1.00. The van der Waals surface area contributed by atoms with E-state index in [1.54, 1.807) is 0 Å². The first-order chi connectivity index (χ1) is 5.83. The summed E-state index contributed by atoms with van der Waals surface area (Å²) in [6, 6.07) is 0. The highest BCUT2D eigenvalue weighted by Crippen LogP contribution is 2.35. The zero-order valence-corrected chi connectivity index (χ0v) is 9.63. The van der Waals surface area contributed by atoms with Crippen LogP contribution in [0.1, 0.15) is 49.0 Å². The third-order valence-electron chi connectivity index (χ3n) is 2.48. The molecular formula is C12H26O2. The van der Waals surface area contributed by atoms with Gasteiger partial charge in [0.25, 0.3) is 0 Å². The fourth-order valence-corrected chi connectivity index (χ4v) is 1.85. The molecule has 0 aliphatic carbocycles. The van der Waals surface area contributed by atoms with E-state index in [0.717, 1.165) is 0 Å². The van der Waals surface area contributed by atoms with Gasteiger partial charge in [-0.15, -0.1) is 0 Å². The Labute approximate surface area is 89.0 Å². The van der Waals surface area contributed by atoms with Crippen LogP contribution in [0, 0.1) is 11.8 Å². The fourth-order valence-electron chi connectivity index (χ4n) is 1.85. The third-order valence-corrected chi connectivity index (χ3v) is 2.48. The van der Waals surface area contributed by atoms with Gasteiger partial charge in [-0.1, -0.05) is 35.1 Å². The predicted octanol–water partition coefficient (Wildman–Crippen LogP) is 3.45. The topological polar surface area (TPSA) is 18.5 Å². The molecule has 0 bridgehead atoms. The van der Waals surface area contributed by atoms with Crippen LogP contribution in [-0.4, -0.2) is 18.0 Å². The van der Waals surface area contributed by atoms with Crippen molar-refractivity contribution in [2.75, 3.05) is 0 Å². The van der Waals surface area contributed by atoms with Gasteiger partial charge in [-0.3, -0.25) is 0 Å². The zero-order chi connectivity index (χ0) is 10.2. The smallest absolute Gasteiger partial charge is 0.163 e. The molecule has 0 spiro atoms. The van der Waals surface area contributed by atoms with Gasteiger partial charge in [-0.2, -0.15) is 0 Å². The summed E-state index contributed by atoms with van der Waals surface area (Å²) in [5, 5.41) is 0. The summed E-state index contributed by atoms with van der Waals surface area (Å²) >= 11 is 0. The SMILES string of the molecule is C.CC(C)[C@H]1OC(C)(C)O[C@H]1C(C)C. The van der Waals surface area contributed by atoms with Gasteiger partial charge in [0.15, 0.2) is 5.79 Å². The molecule has 0 aromatic rings. The van der Waals surface area contributed by atoms with Crippen molar-refractivity contribution in [2.45, 2.75) is 67.0 Å². The molecule has 0 N–H and O–H groups in total. The van der Waals surface area contributed by atoms with Crippen molar-refractivity contribution < 1.29 is 9.47 Å². The van der Waals surface area contributed by atoms with Crippen molar-refractivity contribution in [3.05, 3.63) is 0 Å². The summed E-state index contributed by atoms with van der Waals surface area (Å²) < 4.78 is 11.7. The molecule has 1 rings (SSSR count). The van der Waals surface area contributed by atoms with Gasteiger partial charge in [0.05, 0.1) is 12.2 Å². The molecule has 1 fully saturated rings. The van der Waals surface area contributed by atoms with Gasteiger partial charge >= 0.3 is 0 Å². The summed E-state index contributed by atoms with van der Waals surface area (Å²) in [4.78, 5) is 0. The molecule has 1 aliphatic rings. The number of ether oxygens (including phenoxy) is 2. The highest BCUT2D eigenvalue weighted by Gasteiger charge is 2.43. The maximum Gasteiger partial charge on any atom is 0.163 e. The van der Waals surface area contributed by atoms with E-state index in [2.05, 4.69) is 27.7 Å². The highest BCUT2D eigenvalue weighted by atomic mass is 16.8. The minimum Gasteiger partial charge on any atom is -0.344 e. The van der Waals surface area contributed by atoms with Gasteiger partial charge in [-0.25, -0.2) is 0 Å². The average molecular weight is 202 g/mol. The Balaban J connectivity index is 0.00000169. The predicted molar refractivity (Wildman–Crippen MR) is 60.2 cm³/mol. The van der Waals surface area contributed by atoms with E-state index in [4.69, 9.17) is 9.47 Å². The van der Waals surface area contributed by atoms with Gasteiger partial charge in [0.2, 0.25) is 0 Å². The lowest BCUT2D eigenvalue weighted by molar-refractivity contribution is -0.152. The molecule has 0 unspecified atom stereocenters. The molecule has 14 heavy (non-hydrogen) atoms. The van der Waals surface area contributed by atoms with Gasteiger partial charge in [0, 0.05) is 0 Å². The number of hydrogen-bond donors (Lipinski definition) is 0. The molecule has 0 amide bonds. The molecule has 2 nitrogen and oxygen atoms in total. The van der Waals surface area contributed by atoms with E-state index in [9.17, 15) is 0 Å². The van der Waals surface area contributed by atoms with E-state index in [1.165, 1.54) is 0 Å². The van der Waals surface area contributed by atoms with Crippen molar-refractivity contribution in [3.8, 4) is 0 Å². The van der Waals surface area contributed by atoms with Crippen LogP contribution in [0.25, 0.3) is 0 Å². The monoisotopic (exact) mass is 202 g/mol. The van der Waals surface area contributed by atoms with E-state index in [-0.39, 0.29) is 19.6 Å². The van der Waals surface area contributed by atoms with Gasteiger partial charge in [-0.05, 0) is 25.7 Å². The number of rotatable bonds is 2. The first-order valence-corrected chi connectivity index (χ1v) is 5.19. The van der Waals surface area contributed by atoms with Crippen LogP contribution in [0.2, 0.25) is 0 Å². The second-order valence-corrected chi connectivity index (χ2v) is 5.05. The maximum absolute atomic E-state index is 5.86. The minimum atomic E-state index is -0.399. The molecule has 0 radical (unpaired) electrons. The minimum absolute atomic E-state index is 0. The van der Waals surface area contributed by atoms with E-state index in [1.807, 2.05) is 13.8 Å². The largest absolute Gasteiger partial charge is 0.344 e. The molecule has 2 atom stereocenters. The van der Waals surface area contributed by atoms with Crippen molar-refractivity contribution in [3.63, 3.8) is 0 Å². The van der Waals surface area contributed by atoms with Gasteiger partial charge in [0.1, 0.15) is 0 Å². The Hall–Kier alpha value is -0.0800. The molecule has 2 heteroatoms.